The smallest absolute Gasteiger partial charge is 0.0159 e. The third-order valence-corrected chi connectivity index (χ3v) is 13.4. The molecule has 1 aliphatic carbocycles. The quantitative estimate of drug-likeness (QED) is 0.121. The van der Waals surface area contributed by atoms with Crippen molar-refractivity contribution in [2.24, 2.45) is 0 Å². The molecule has 0 heterocycles. The predicted molar refractivity (Wildman–Crippen MR) is 261 cm³/mol. The minimum Gasteiger partial charge on any atom is -0.0622 e. The molecule has 0 radical (unpaired) electrons. The molecule has 61 heavy (non-hydrogen) atoms. The molecule has 0 amide bonds. The zero-order valence-corrected chi connectivity index (χ0v) is 34.3. The number of hydrogen-bond donors (Lipinski definition) is 0. The largest absolute Gasteiger partial charge is 0.0622 e. The predicted octanol–water partition coefficient (Wildman–Crippen LogP) is 16.9. The monoisotopic (exact) mass is 774 g/mol. The molecule has 0 fully saturated rings. The summed E-state index contributed by atoms with van der Waals surface area (Å²) < 4.78 is 0. The zero-order valence-electron chi connectivity index (χ0n) is 34.3. The van der Waals surface area contributed by atoms with Gasteiger partial charge in [-0.2, -0.15) is 0 Å². The third kappa shape index (κ3) is 5.53. The topological polar surface area (TPSA) is 0 Å². The van der Waals surface area contributed by atoms with E-state index < -0.39 is 0 Å². The summed E-state index contributed by atoms with van der Waals surface area (Å²) in [5, 5.41) is 10.1. The zero-order chi connectivity index (χ0) is 40.7. The van der Waals surface area contributed by atoms with E-state index in [0.717, 1.165) is 0 Å². The van der Waals surface area contributed by atoms with E-state index >= 15 is 0 Å². The summed E-state index contributed by atoms with van der Waals surface area (Å²) in [5.41, 5.74) is 17.7. The Balaban J connectivity index is 1.12. The summed E-state index contributed by atoms with van der Waals surface area (Å²) >= 11 is 0. The van der Waals surface area contributed by atoms with E-state index in [-0.39, 0.29) is 5.41 Å². The van der Waals surface area contributed by atoms with Crippen LogP contribution in [0.1, 0.15) is 25.0 Å². The molecule has 0 spiro atoms. The van der Waals surface area contributed by atoms with E-state index in [1.54, 1.807) is 0 Å². The highest BCUT2D eigenvalue weighted by atomic mass is 14.4. The second-order valence-corrected chi connectivity index (χ2v) is 17.2. The lowest BCUT2D eigenvalue weighted by Gasteiger charge is -2.23. The van der Waals surface area contributed by atoms with Crippen LogP contribution in [0.5, 0.6) is 0 Å². The third-order valence-electron chi connectivity index (χ3n) is 13.4. The van der Waals surface area contributed by atoms with Crippen molar-refractivity contribution in [3.05, 3.63) is 230 Å². The Morgan fingerprint density at radius 2 is 0.770 bits per heavy atom. The van der Waals surface area contributed by atoms with Crippen LogP contribution in [-0.4, -0.2) is 0 Å². The molecule has 11 aromatic rings. The highest BCUT2D eigenvalue weighted by Crippen LogP contribution is 2.53. The first-order chi connectivity index (χ1) is 30.0. The van der Waals surface area contributed by atoms with E-state index in [4.69, 9.17) is 0 Å². The van der Waals surface area contributed by atoms with Gasteiger partial charge in [-0.3, -0.25) is 0 Å². The molecule has 0 N–H and O–H groups in total. The second kappa shape index (κ2) is 13.8. The van der Waals surface area contributed by atoms with Crippen molar-refractivity contribution in [3.63, 3.8) is 0 Å². The first-order valence-corrected chi connectivity index (χ1v) is 21.4. The highest BCUT2D eigenvalue weighted by molar-refractivity contribution is 6.29. The molecular formula is C61H42. The Bertz CT molecular complexity index is 3530. The van der Waals surface area contributed by atoms with E-state index in [0.29, 0.717) is 0 Å². The maximum atomic E-state index is 2.46. The molecule has 0 bridgehead atoms. The van der Waals surface area contributed by atoms with Crippen LogP contribution in [0, 0.1) is 0 Å². The van der Waals surface area contributed by atoms with Gasteiger partial charge in [0.25, 0.3) is 0 Å². The van der Waals surface area contributed by atoms with Crippen LogP contribution >= 0.6 is 0 Å². The average Bonchev–Trinajstić information content (AvgIpc) is 3.54. The van der Waals surface area contributed by atoms with E-state index in [1.807, 2.05) is 0 Å². The highest BCUT2D eigenvalue weighted by Gasteiger charge is 2.36. The van der Waals surface area contributed by atoms with Gasteiger partial charge in [0.2, 0.25) is 0 Å². The number of benzene rings is 11. The van der Waals surface area contributed by atoms with Crippen LogP contribution in [0.25, 0.3) is 110 Å². The number of fused-ring (bicyclic) bond motifs is 8. The van der Waals surface area contributed by atoms with Gasteiger partial charge in [0, 0.05) is 5.41 Å². The van der Waals surface area contributed by atoms with Crippen molar-refractivity contribution in [1.29, 1.82) is 0 Å². The standard InChI is InChI=1S/C61H42/c1-61(2)56-38-45(30-32-48(56)55-36-42-22-9-10-23-43(42)37-57(55)61)44-31-33-52(54(35-44)40-19-7-4-8-20-40)58-50-27-15-16-28-51(50)60(59-47-25-12-11-21-41(47)29-34-53(58)59)49-26-14-13-24-46(49)39-17-5-3-6-18-39/h3-38H,1-2H3. The van der Waals surface area contributed by atoms with Crippen LogP contribution in [0.4, 0.5) is 0 Å². The molecule has 1 aliphatic rings. The van der Waals surface area contributed by atoms with Crippen LogP contribution < -0.4 is 0 Å². The van der Waals surface area contributed by atoms with E-state index in [1.165, 1.54) is 121 Å². The van der Waals surface area contributed by atoms with Gasteiger partial charge >= 0.3 is 0 Å². The van der Waals surface area contributed by atoms with Crippen molar-refractivity contribution in [2.45, 2.75) is 19.3 Å². The fraction of sp³-hybridized carbons (Fsp3) is 0.0492. The molecule has 0 nitrogen and oxygen atoms in total. The summed E-state index contributed by atoms with van der Waals surface area (Å²) in [6.07, 6.45) is 0. The van der Waals surface area contributed by atoms with Gasteiger partial charge < -0.3 is 0 Å². The Hall–Kier alpha value is -7.54. The molecule has 0 unspecified atom stereocenters. The lowest BCUT2D eigenvalue weighted by molar-refractivity contribution is 0.661. The molecule has 0 atom stereocenters. The lowest BCUT2D eigenvalue weighted by atomic mass is 9.80. The van der Waals surface area contributed by atoms with Crippen LogP contribution in [0.15, 0.2) is 218 Å². The molecule has 0 aromatic heterocycles. The minimum atomic E-state index is -0.117. The number of rotatable bonds is 5. The molecule has 286 valence electrons. The molecule has 0 saturated heterocycles. The SMILES string of the molecule is CC1(C)c2cc(-c3ccc(-c4c5ccccc5c(-c5ccccc5-c5ccccc5)c5c4ccc4ccccc45)c(-c4ccccc4)c3)ccc2-c2cc3ccccc3cc21. The summed E-state index contributed by atoms with van der Waals surface area (Å²) in [7, 11) is 0. The van der Waals surface area contributed by atoms with E-state index in [9.17, 15) is 0 Å². The second-order valence-electron chi connectivity index (χ2n) is 17.2. The maximum absolute atomic E-state index is 2.46. The lowest BCUT2D eigenvalue weighted by Crippen LogP contribution is -2.15. The summed E-state index contributed by atoms with van der Waals surface area (Å²) in [6, 6.07) is 81.3. The number of hydrogen-bond acceptors (Lipinski definition) is 0. The van der Waals surface area contributed by atoms with Gasteiger partial charge in [-0.25, -0.2) is 0 Å². The first kappa shape index (κ1) is 35.4. The summed E-state index contributed by atoms with van der Waals surface area (Å²) in [6.45, 7) is 4.77. The fourth-order valence-electron chi connectivity index (χ4n) is 10.5. The summed E-state index contributed by atoms with van der Waals surface area (Å²) in [5.74, 6) is 0. The fourth-order valence-corrected chi connectivity index (χ4v) is 10.5. The molecular weight excluding hydrogens is 733 g/mol. The van der Waals surface area contributed by atoms with Crippen LogP contribution in [0.3, 0.4) is 0 Å². The minimum absolute atomic E-state index is 0.117. The van der Waals surface area contributed by atoms with Crippen molar-refractivity contribution < 1.29 is 0 Å². The molecule has 0 aliphatic heterocycles. The van der Waals surface area contributed by atoms with Gasteiger partial charge in [0.1, 0.15) is 0 Å². The Morgan fingerprint density at radius 1 is 0.262 bits per heavy atom. The van der Waals surface area contributed by atoms with Gasteiger partial charge in [-0.1, -0.05) is 208 Å². The Labute approximate surface area is 357 Å². The van der Waals surface area contributed by atoms with Crippen molar-refractivity contribution in [2.75, 3.05) is 0 Å². The van der Waals surface area contributed by atoms with Gasteiger partial charge in [-0.15, -0.1) is 0 Å². The van der Waals surface area contributed by atoms with Crippen molar-refractivity contribution in [3.8, 4) is 66.8 Å². The molecule has 0 saturated carbocycles. The Morgan fingerprint density at radius 3 is 1.49 bits per heavy atom. The van der Waals surface area contributed by atoms with Crippen molar-refractivity contribution >= 4 is 43.1 Å². The van der Waals surface area contributed by atoms with Gasteiger partial charge in [0.05, 0.1) is 0 Å². The maximum Gasteiger partial charge on any atom is 0.0159 e. The molecule has 12 rings (SSSR count). The van der Waals surface area contributed by atoms with Gasteiger partial charge in [0.15, 0.2) is 0 Å². The van der Waals surface area contributed by atoms with Crippen molar-refractivity contribution in [1.82, 2.24) is 0 Å². The van der Waals surface area contributed by atoms with Crippen LogP contribution in [-0.2, 0) is 5.41 Å². The van der Waals surface area contributed by atoms with Crippen LogP contribution in [0.2, 0.25) is 0 Å². The normalized spacial score (nSPS) is 12.9. The van der Waals surface area contributed by atoms with Gasteiger partial charge in [-0.05, 0) is 145 Å². The summed E-state index contributed by atoms with van der Waals surface area (Å²) in [4.78, 5) is 0. The first-order valence-electron chi connectivity index (χ1n) is 21.4. The molecule has 11 aromatic carbocycles. The Kier molecular flexibility index (Phi) is 7.99. The average molecular weight is 775 g/mol. The molecule has 0 heteroatoms. The van der Waals surface area contributed by atoms with E-state index in [2.05, 4.69) is 232 Å².